The Labute approximate surface area is 222 Å². The molecule has 1 saturated carbocycles. The summed E-state index contributed by atoms with van der Waals surface area (Å²) in [6.07, 6.45) is 1.54. The van der Waals surface area contributed by atoms with Crippen LogP contribution >= 0.6 is 0 Å². The summed E-state index contributed by atoms with van der Waals surface area (Å²) in [5.41, 5.74) is 0.934. The highest BCUT2D eigenvalue weighted by Crippen LogP contribution is 2.33. The number of fused-ring (bicyclic) bond motifs is 1. The van der Waals surface area contributed by atoms with E-state index in [0.29, 0.717) is 30.2 Å². The van der Waals surface area contributed by atoms with Gasteiger partial charge in [0.2, 0.25) is 5.91 Å². The molecule has 0 bridgehead atoms. The molecule has 2 aliphatic rings. The second-order valence-corrected chi connectivity index (χ2v) is 10.2. The third-order valence-electron chi connectivity index (χ3n) is 6.99. The van der Waals surface area contributed by atoms with Crippen LogP contribution in [0.5, 0.6) is 5.75 Å². The third kappa shape index (κ3) is 6.61. The van der Waals surface area contributed by atoms with Crippen LogP contribution in [-0.4, -0.2) is 73.6 Å². The number of ether oxygens (including phenoxy) is 2. The summed E-state index contributed by atoms with van der Waals surface area (Å²) in [7, 11) is 3.29. The van der Waals surface area contributed by atoms with Gasteiger partial charge in [0.25, 0.3) is 5.91 Å². The van der Waals surface area contributed by atoms with Crippen molar-refractivity contribution in [2.24, 2.45) is 11.8 Å². The zero-order chi connectivity index (χ0) is 27.4. The van der Waals surface area contributed by atoms with Crippen LogP contribution < -0.4 is 15.4 Å². The van der Waals surface area contributed by atoms with E-state index in [2.05, 4.69) is 10.6 Å². The molecule has 9 nitrogen and oxygen atoms in total. The Morgan fingerprint density at radius 2 is 1.76 bits per heavy atom. The zero-order valence-electron chi connectivity index (χ0n) is 22.2. The molecule has 0 spiro atoms. The van der Waals surface area contributed by atoms with Gasteiger partial charge in [-0.2, -0.15) is 0 Å². The summed E-state index contributed by atoms with van der Waals surface area (Å²) in [5, 5.41) is 5.25. The van der Waals surface area contributed by atoms with E-state index in [1.54, 1.807) is 43.3 Å². The molecule has 0 saturated heterocycles. The number of hydrogen-bond acceptors (Lipinski definition) is 5. The standard InChI is InChI=1S/C28H35FN4O5/c1-17-14-33(26(34)19-8-9-19)18(2)16-38-24-11-10-22(13-23(24)27(35)32(3)15-25(17)37-4)31-28(36)30-21-7-5-6-20(29)12-21/h5-7,10-13,17-19,25H,8-9,14-16H2,1-4H3,(H2,30,31,36)/t17-,18+,25+/m1/s1. The van der Waals surface area contributed by atoms with E-state index in [4.69, 9.17) is 9.47 Å². The van der Waals surface area contributed by atoms with Gasteiger partial charge >= 0.3 is 6.03 Å². The predicted molar refractivity (Wildman–Crippen MR) is 142 cm³/mol. The second kappa shape index (κ2) is 11.8. The summed E-state index contributed by atoms with van der Waals surface area (Å²) >= 11 is 0. The van der Waals surface area contributed by atoms with Gasteiger partial charge in [-0.15, -0.1) is 0 Å². The molecule has 0 unspecified atom stereocenters. The summed E-state index contributed by atoms with van der Waals surface area (Å²) in [4.78, 5) is 42.5. The Morgan fingerprint density at radius 3 is 2.42 bits per heavy atom. The first-order chi connectivity index (χ1) is 18.2. The minimum Gasteiger partial charge on any atom is -0.491 e. The topological polar surface area (TPSA) is 100 Å². The van der Waals surface area contributed by atoms with Gasteiger partial charge in [-0.25, -0.2) is 9.18 Å². The van der Waals surface area contributed by atoms with Crippen molar-refractivity contribution in [3.8, 4) is 5.75 Å². The molecule has 1 aliphatic heterocycles. The SMILES string of the molecule is CO[C@H]1CN(C)C(=O)c2cc(NC(=O)Nc3cccc(F)c3)ccc2OC[C@H](C)N(C(=O)C2CC2)C[C@H]1C. The fourth-order valence-electron chi connectivity index (χ4n) is 4.59. The van der Waals surface area contributed by atoms with Gasteiger partial charge in [-0.3, -0.25) is 9.59 Å². The van der Waals surface area contributed by atoms with Crippen LogP contribution in [0.2, 0.25) is 0 Å². The molecule has 0 radical (unpaired) electrons. The molecule has 10 heteroatoms. The Bertz CT molecular complexity index is 1190. The zero-order valence-corrected chi connectivity index (χ0v) is 22.2. The molecule has 2 aromatic carbocycles. The number of amides is 4. The summed E-state index contributed by atoms with van der Waals surface area (Å²) in [6, 6.07) is 9.56. The van der Waals surface area contributed by atoms with E-state index >= 15 is 0 Å². The van der Waals surface area contributed by atoms with E-state index in [0.717, 1.165) is 12.8 Å². The van der Waals surface area contributed by atoms with Gasteiger partial charge in [0.15, 0.2) is 0 Å². The van der Waals surface area contributed by atoms with Gasteiger partial charge in [-0.05, 0) is 56.2 Å². The van der Waals surface area contributed by atoms with E-state index in [1.165, 1.54) is 18.2 Å². The lowest BCUT2D eigenvalue weighted by molar-refractivity contribution is -0.136. The van der Waals surface area contributed by atoms with Crippen molar-refractivity contribution in [2.75, 3.05) is 44.5 Å². The molecule has 2 N–H and O–H groups in total. The van der Waals surface area contributed by atoms with Crippen LogP contribution in [0.4, 0.5) is 20.6 Å². The average molecular weight is 527 g/mol. The number of benzene rings is 2. The molecule has 0 aromatic heterocycles. The second-order valence-electron chi connectivity index (χ2n) is 10.2. The van der Waals surface area contributed by atoms with Gasteiger partial charge in [0.05, 0.1) is 17.7 Å². The Morgan fingerprint density at radius 1 is 1.05 bits per heavy atom. The van der Waals surface area contributed by atoms with Gasteiger partial charge < -0.3 is 29.9 Å². The lowest BCUT2D eigenvalue weighted by Crippen LogP contribution is -2.49. The number of nitrogens with zero attached hydrogens (tertiary/aromatic N) is 2. The van der Waals surface area contributed by atoms with Crippen molar-refractivity contribution in [2.45, 2.75) is 38.8 Å². The molecular formula is C28H35FN4O5. The lowest BCUT2D eigenvalue weighted by atomic mass is 10.0. The van der Waals surface area contributed by atoms with Crippen molar-refractivity contribution in [1.82, 2.24) is 9.80 Å². The normalized spacial score (nSPS) is 22.4. The number of hydrogen-bond donors (Lipinski definition) is 2. The third-order valence-corrected chi connectivity index (χ3v) is 6.99. The fraction of sp³-hybridized carbons (Fsp3) is 0.464. The number of methoxy groups -OCH3 is 1. The minimum atomic E-state index is -0.582. The maximum atomic E-state index is 13.5. The van der Waals surface area contributed by atoms with Crippen LogP contribution in [-0.2, 0) is 9.53 Å². The number of likely N-dealkylation sites (N-methyl/N-ethyl adjacent to an activating group) is 1. The highest BCUT2D eigenvalue weighted by Gasteiger charge is 2.37. The molecule has 1 heterocycles. The van der Waals surface area contributed by atoms with E-state index < -0.39 is 11.8 Å². The highest BCUT2D eigenvalue weighted by molar-refractivity contribution is 6.02. The first-order valence-corrected chi connectivity index (χ1v) is 12.9. The van der Waals surface area contributed by atoms with Gasteiger partial charge in [-0.1, -0.05) is 13.0 Å². The number of urea groups is 1. The number of nitrogens with one attached hydrogen (secondary N) is 2. The summed E-state index contributed by atoms with van der Waals surface area (Å²) in [6.45, 7) is 5.00. The molecule has 38 heavy (non-hydrogen) atoms. The highest BCUT2D eigenvalue weighted by atomic mass is 19.1. The predicted octanol–water partition coefficient (Wildman–Crippen LogP) is 4.21. The van der Waals surface area contributed by atoms with Gasteiger partial charge in [0, 0.05) is 50.5 Å². The maximum absolute atomic E-state index is 13.5. The van der Waals surface area contributed by atoms with E-state index in [-0.39, 0.29) is 48.0 Å². The number of carbonyl (C=O) groups is 3. The number of rotatable bonds is 4. The molecule has 1 fully saturated rings. The van der Waals surface area contributed by atoms with Crippen LogP contribution in [0.1, 0.15) is 37.0 Å². The number of carbonyl (C=O) groups excluding carboxylic acids is 3. The van der Waals surface area contributed by atoms with Gasteiger partial charge in [0.1, 0.15) is 18.2 Å². The van der Waals surface area contributed by atoms with Crippen molar-refractivity contribution in [3.63, 3.8) is 0 Å². The molecule has 1 aliphatic carbocycles. The molecule has 2 aromatic rings. The Hall–Kier alpha value is -3.66. The molecule has 3 atom stereocenters. The van der Waals surface area contributed by atoms with Crippen molar-refractivity contribution in [1.29, 1.82) is 0 Å². The van der Waals surface area contributed by atoms with Crippen molar-refractivity contribution < 1.29 is 28.2 Å². The minimum absolute atomic E-state index is 0.0150. The smallest absolute Gasteiger partial charge is 0.323 e. The first-order valence-electron chi connectivity index (χ1n) is 12.9. The van der Waals surface area contributed by atoms with Crippen LogP contribution in [0.25, 0.3) is 0 Å². The average Bonchev–Trinajstić information content (AvgIpc) is 3.73. The largest absolute Gasteiger partial charge is 0.491 e. The van der Waals surface area contributed by atoms with Crippen LogP contribution in [0, 0.1) is 17.7 Å². The number of anilines is 2. The summed E-state index contributed by atoms with van der Waals surface area (Å²) in [5.74, 6) is -0.216. The quantitative estimate of drug-likeness (QED) is 0.622. The monoisotopic (exact) mass is 526 g/mol. The van der Waals surface area contributed by atoms with E-state index in [1.807, 2.05) is 18.7 Å². The van der Waals surface area contributed by atoms with E-state index in [9.17, 15) is 18.8 Å². The summed E-state index contributed by atoms with van der Waals surface area (Å²) < 4.78 is 25.3. The molecular weight excluding hydrogens is 491 g/mol. The first kappa shape index (κ1) is 27.4. The lowest BCUT2D eigenvalue weighted by Gasteiger charge is -2.36. The van der Waals surface area contributed by atoms with Crippen molar-refractivity contribution >= 4 is 29.2 Å². The fourth-order valence-corrected chi connectivity index (χ4v) is 4.59. The Balaban J connectivity index is 1.58. The molecule has 4 rings (SSSR count). The Kier molecular flexibility index (Phi) is 8.51. The van der Waals surface area contributed by atoms with Crippen LogP contribution in [0.15, 0.2) is 42.5 Å². The number of halogens is 1. The molecule has 204 valence electrons. The van der Waals surface area contributed by atoms with Crippen molar-refractivity contribution in [3.05, 3.63) is 53.8 Å². The molecule has 4 amide bonds. The maximum Gasteiger partial charge on any atom is 0.323 e. The van der Waals surface area contributed by atoms with Crippen LogP contribution in [0.3, 0.4) is 0 Å².